The smallest absolute Gasteiger partial charge is 0.195 e. The maximum absolute atomic E-state index is 15.1. The maximum atomic E-state index is 15.1. The van der Waals surface area contributed by atoms with Gasteiger partial charge in [-0.2, -0.15) is 0 Å². The molecule has 6 aromatic rings. The van der Waals surface area contributed by atoms with Crippen molar-refractivity contribution in [2.75, 3.05) is 0 Å². The van der Waals surface area contributed by atoms with Gasteiger partial charge in [-0.15, -0.1) is 22.7 Å². The highest BCUT2D eigenvalue weighted by molar-refractivity contribution is 7.15. The molecule has 4 aromatic carbocycles. The van der Waals surface area contributed by atoms with E-state index < -0.39 is 0 Å². The van der Waals surface area contributed by atoms with Gasteiger partial charge in [0.05, 0.1) is 0 Å². The molecule has 0 N–H and O–H groups in total. The van der Waals surface area contributed by atoms with Gasteiger partial charge in [-0.3, -0.25) is 9.59 Å². The predicted molar refractivity (Wildman–Crippen MR) is 352 cm³/mol. The third kappa shape index (κ3) is 20.7. The van der Waals surface area contributed by atoms with E-state index in [1.807, 2.05) is 0 Å². The van der Waals surface area contributed by atoms with Crippen LogP contribution < -0.4 is 10.9 Å². The summed E-state index contributed by atoms with van der Waals surface area (Å²) in [6.07, 6.45) is 55.5. The zero-order valence-corrected chi connectivity index (χ0v) is 52.7. The first-order valence-electron chi connectivity index (χ1n) is 33.6. The molecule has 0 aliphatic heterocycles. The molecule has 0 amide bonds. The molecule has 2 unspecified atom stereocenters. The van der Waals surface area contributed by atoms with Crippen molar-refractivity contribution >= 4 is 55.0 Å². The normalized spacial score (nSPS) is 12.8. The van der Waals surface area contributed by atoms with Crippen LogP contribution in [0.4, 0.5) is 0 Å². The van der Waals surface area contributed by atoms with Crippen LogP contribution in [0.1, 0.15) is 305 Å². The average molecular weight is 1100 g/mol. The fraction of sp³-hybridized carbons (Fsp3) is 0.676. The van der Waals surface area contributed by atoms with Gasteiger partial charge in [-0.05, 0) is 120 Å². The van der Waals surface area contributed by atoms with E-state index in [0.29, 0.717) is 11.8 Å². The van der Waals surface area contributed by atoms with Crippen LogP contribution >= 0.6 is 22.7 Å². The quantitative estimate of drug-likeness (QED) is 0.0357. The van der Waals surface area contributed by atoms with Crippen LogP contribution in [0.25, 0.3) is 53.2 Å². The summed E-state index contributed by atoms with van der Waals surface area (Å²) in [5.41, 5.74) is 4.81. The number of benzene rings is 2. The van der Waals surface area contributed by atoms with Gasteiger partial charge in [0, 0.05) is 41.4 Å². The molecular formula is C74H112O2S2. The van der Waals surface area contributed by atoms with Gasteiger partial charge in [0.25, 0.3) is 0 Å². The second-order valence-corrected chi connectivity index (χ2v) is 27.5. The van der Waals surface area contributed by atoms with Crippen molar-refractivity contribution in [3.8, 4) is 20.9 Å². The van der Waals surface area contributed by atoms with Gasteiger partial charge in [-0.1, -0.05) is 285 Å². The minimum Gasteiger partial charge on any atom is -0.289 e. The zero-order chi connectivity index (χ0) is 55.2. The standard InChI is InChI=1S/C74H112O2S2/c1-7-11-15-19-23-27-29-33-37-41-45-59(43-39-35-31-25-21-17-13-9-3)51-61-63-53-68-66(56-70(74(68)76)72-50-48-58(6)78-72)62(64(63)54-67-65(61)55-69(73(67)75)71-49-47-57(5)77-71)52-60(44-40-36-32-26-22-18-14-10-4)46-42-38-34-30-28-24-20-16-12-8-2/h47-50,53-56,59-60H,7-46,51-52H2,1-6H3. The van der Waals surface area contributed by atoms with Crippen LogP contribution in [-0.4, -0.2) is 0 Å². The maximum Gasteiger partial charge on any atom is 0.195 e. The minimum atomic E-state index is 0.193. The molecule has 78 heavy (non-hydrogen) atoms. The van der Waals surface area contributed by atoms with Crippen molar-refractivity contribution in [2.45, 2.75) is 311 Å². The Morgan fingerprint density at radius 1 is 0.308 bits per heavy atom. The average Bonchev–Trinajstić information content (AvgIpc) is 4.30. The molecule has 2 nitrogen and oxygen atoms in total. The first-order chi connectivity index (χ1) is 38.3. The van der Waals surface area contributed by atoms with Crippen molar-refractivity contribution in [3.05, 3.63) is 89.9 Å². The number of hydrogen-bond donors (Lipinski definition) is 0. The van der Waals surface area contributed by atoms with Gasteiger partial charge in [0.2, 0.25) is 0 Å². The lowest BCUT2D eigenvalue weighted by Crippen LogP contribution is -2.09. The molecule has 0 saturated carbocycles. The number of hydrogen-bond acceptors (Lipinski definition) is 4. The molecule has 6 rings (SSSR count). The number of fused-ring (bicyclic) bond motifs is 3. The predicted octanol–water partition coefficient (Wildman–Crippen LogP) is 24.8. The highest BCUT2D eigenvalue weighted by atomic mass is 32.1. The molecule has 2 aromatic heterocycles. The van der Waals surface area contributed by atoms with Crippen molar-refractivity contribution < 1.29 is 0 Å². The Morgan fingerprint density at radius 3 is 0.795 bits per heavy atom. The zero-order valence-electron chi connectivity index (χ0n) is 51.1. The highest BCUT2D eigenvalue weighted by Crippen LogP contribution is 2.42. The molecule has 0 bridgehead atoms. The summed E-state index contributed by atoms with van der Waals surface area (Å²) < 4.78 is 0. The lowest BCUT2D eigenvalue weighted by molar-refractivity contribution is 0.400. The number of aryl methyl sites for hydroxylation is 2. The molecule has 432 valence electrons. The molecule has 0 saturated heterocycles. The Bertz CT molecular complexity index is 2470. The summed E-state index contributed by atoms with van der Waals surface area (Å²) in [4.78, 5) is 34.9. The number of rotatable bonds is 46. The summed E-state index contributed by atoms with van der Waals surface area (Å²) in [6, 6.07) is 17.9. The molecule has 4 heteroatoms. The summed E-state index contributed by atoms with van der Waals surface area (Å²) >= 11 is 3.50. The third-order valence-electron chi connectivity index (χ3n) is 18.2. The molecular weight excluding hydrogens is 985 g/mol. The lowest BCUT2D eigenvalue weighted by atomic mass is 9.82. The second-order valence-electron chi connectivity index (χ2n) is 24.9. The minimum absolute atomic E-state index is 0.193. The van der Waals surface area contributed by atoms with Crippen LogP contribution in [0.3, 0.4) is 0 Å². The summed E-state index contributed by atoms with van der Waals surface area (Å²) in [5.74, 6) is 1.10. The molecule has 0 fully saturated rings. The Labute approximate surface area is 485 Å². The van der Waals surface area contributed by atoms with Crippen LogP contribution in [0.2, 0.25) is 0 Å². The van der Waals surface area contributed by atoms with E-state index in [1.54, 1.807) is 22.7 Å². The summed E-state index contributed by atoms with van der Waals surface area (Å²) in [5, 5.41) is 6.62. The Morgan fingerprint density at radius 2 is 0.551 bits per heavy atom. The molecule has 0 spiro atoms. The SMILES string of the molecule is CCCCCCCCCCCCC(CCCCCCCCCC)Cc1c2cc3c(=O)c(-c4ccc(C)s4)cc3c(CC(CCCCCCCCCC)CCCCCCCCCCCC)c2cc2c(=O)c(-c3ccc(C)s3)cc12. The van der Waals surface area contributed by atoms with E-state index in [2.05, 4.69) is 90.1 Å². The van der Waals surface area contributed by atoms with Gasteiger partial charge < -0.3 is 0 Å². The molecule has 0 aliphatic rings. The number of thiophene rings is 2. The molecule has 0 aliphatic carbocycles. The molecule has 2 heterocycles. The van der Waals surface area contributed by atoms with Crippen LogP contribution in [-0.2, 0) is 12.8 Å². The Balaban J connectivity index is 1.39. The van der Waals surface area contributed by atoms with Crippen LogP contribution in [0.5, 0.6) is 0 Å². The Kier molecular flexibility index (Phi) is 30.5. The fourth-order valence-corrected chi connectivity index (χ4v) is 15.1. The van der Waals surface area contributed by atoms with Gasteiger partial charge >= 0.3 is 0 Å². The summed E-state index contributed by atoms with van der Waals surface area (Å²) in [7, 11) is 0. The topological polar surface area (TPSA) is 34.1 Å². The van der Waals surface area contributed by atoms with Crippen LogP contribution in [0, 0.1) is 25.7 Å². The molecule has 0 radical (unpaired) electrons. The van der Waals surface area contributed by atoms with E-state index in [4.69, 9.17) is 0 Å². The number of unbranched alkanes of at least 4 members (excludes halogenated alkanes) is 32. The van der Waals surface area contributed by atoms with Crippen molar-refractivity contribution in [1.29, 1.82) is 0 Å². The highest BCUT2D eigenvalue weighted by Gasteiger charge is 2.25. The largest absolute Gasteiger partial charge is 0.289 e. The van der Waals surface area contributed by atoms with Gasteiger partial charge in [-0.25, -0.2) is 0 Å². The Hall–Kier alpha value is -3.08. The van der Waals surface area contributed by atoms with Crippen molar-refractivity contribution in [1.82, 2.24) is 0 Å². The summed E-state index contributed by atoms with van der Waals surface area (Å²) in [6.45, 7) is 13.6. The fourth-order valence-electron chi connectivity index (χ4n) is 13.3. The van der Waals surface area contributed by atoms with E-state index in [0.717, 1.165) is 55.3 Å². The lowest BCUT2D eigenvalue weighted by Gasteiger charge is -2.22. The van der Waals surface area contributed by atoms with E-state index in [1.165, 1.54) is 288 Å². The van der Waals surface area contributed by atoms with Gasteiger partial charge in [0.15, 0.2) is 10.9 Å². The second kappa shape index (κ2) is 37.1. The van der Waals surface area contributed by atoms with E-state index >= 15 is 9.59 Å². The van der Waals surface area contributed by atoms with Crippen molar-refractivity contribution in [2.24, 2.45) is 11.8 Å². The third-order valence-corrected chi connectivity index (χ3v) is 20.2. The van der Waals surface area contributed by atoms with Crippen molar-refractivity contribution in [3.63, 3.8) is 0 Å². The van der Waals surface area contributed by atoms with Crippen LogP contribution in [0.15, 0.2) is 58.1 Å². The van der Waals surface area contributed by atoms with E-state index in [-0.39, 0.29) is 10.9 Å². The van der Waals surface area contributed by atoms with E-state index in [9.17, 15) is 0 Å². The monoisotopic (exact) mass is 1100 g/mol. The molecule has 2 atom stereocenters. The first-order valence-corrected chi connectivity index (χ1v) is 35.2. The first kappa shape index (κ1) is 64.1. The van der Waals surface area contributed by atoms with Gasteiger partial charge in [0.1, 0.15) is 0 Å².